The number of hydrogen-bond acceptors (Lipinski definition) is 3. The summed E-state index contributed by atoms with van der Waals surface area (Å²) in [5.41, 5.74) is 1.26. The smallest absolute Gasteiger partial charge is 0.130 e. The first kappa shape index (κ1) is 12.6. The lowest BCUT2D eigenvalue weighted by atomic mass is 10.0. The van der Waals surface area contributed by atoms with E-state index in [1.807, 2.05) is 6.07 Å². The van der Waals surface area contributed by atoms with Crippen LogP contribution in [0, 0.1) is 0 Å². The predicted octanol–water partition coefficient (Wildman–Crippen LogP) is 3.73. The number of halogens is 1. The van der Waals surface area contributed by atoms with Crippen molar-refractivity contribution >= 4 is 11.6 Å². The van der Waals surface area contributed by atoms with Crippen molar-refractivity contribution in [2.75, 3.05) is 14.2 Å². The van der Waals surface area contributed by atoms with Gasteiger partial charge in [0.25, 0.3) is 0 Å². The third-order valence-corrected chi connectivity index (χ3v) is 2.89. The molecule has 0 saturated heterocycles. The van der Waals surface area contributed by atoms with E-state index in [-0.39, 0.29) is 5.75 Å². The second kappa shape index (κ2) is 5.19. The summed E-state index contributed by atoms with van der Waals surface area (Å²) in [4.78, 5) is 0. The summed E-state index contributed by atoms with van der Waals surface area (Å²) < 4.78 is 10.6. The highest BCUT2D eigenvalue weighted by Crippen LogP contribution is 2.43. The number of benzene rings is 2. The molecule has 0 amide bonds. The first-order chi connectivity index (χ1) is 8.67. The van der Waals surface area contributed by atoms with Crippen molar-refractivity contribution in [2.45, 2.75) is 0 Å². The summed E-state index contributed by atoms with van der Waals surface area (Å²) in [6, 6.07) is 10.3. The zero-order chi connectivity index (χ0) is 13.1. The number of methoxy groups -OCH3 is 2. The molecule has 0 radical (unpaired) electrons. The summed E-state index contributed by atoms with van der Waals surface area (Å²) in [5, 5.41) is 10.5. The van der Waals surface area contributed by atoms with Crippen LogP contribution in [0.25, 0.3) is 11.1 Å². The van der Waals surface area contributed by atoms with Gasteiger partial charge in [-0.2, -0.15) is 0 Å². The minimum absolute atomic E-state index is 0.127. The molecule has 0 fully saturated rings. The quantitative estimate of drug-likeness (QED) is 0.918. The minimum atomic E-state index is 0.127. The number of phenols is 1. The zero-order valence-electron chi connectivity index (χ0n) is 10.1. The molecule has 2 aromatic carbocycles. The van der Waals surface area contributed by atoms with Crippen LogP contribution in [0.15, 0.2) is 36.4 Å². The van der Waals surface area contributed by atoms with E-state index in [4.69, 9.17) is 21.1 Å². The van der Waals surface area contributed by atoms with E-state index < -0.39 is 0 Å². The van der Waals surface area contributed by atoms with E-state index >= 15 is 0 Å². The highest BCUT2D eigenvalue weighted by atomic mass is 35.5. The topological polar surface area (TPSA) is 38.7 Å². The Kier molecular flexibility index (Phi) is 3.63. The Hall–Kier alpha value is -1.87. The second-order valence-corrected chi connectivity index (χ2v) is 4.14. The van der Waals surface area contributed by atoms with Gasteiger partial charge in [-0.1, -0.05) is 17.7 Å². The van der Waals surface area contributed by atoms with Crippen LogP contribution in [0.1, 0.15) is 0 Å². The molecular weight excluding hydrogens is 252 g/mol. The summed E-state index contributed by atoms with van der Waals surface area (Å²) in [6.45, 7) is 0. The molecule has 0 aliphatic carbocycles. The fourth-order valence-corrected chi connectivity index (χ4v) is 2.00. The van der Waals surface area contributed by atoms with Crippen molar-refractivity contribution in [3.8, 4) is 28.4 Å². The molecule has 0 aromatic heterocycles. The Morgan fingerprint density at radius 2 is 1.61 bits per heavy atom. The largest absolute Gasteiger partial charge is 0.507 e. The minimum Gasteiger partial charge on any atom is -0.507 e. The van der Waals surface area contributed by atoms with E-state index in [1.54, 1.807) is 44.6 Å². The average molecular weight is 265 g/mol. The molecule has 2 rings (SSSR count). The Morgan fingerprint density at radius 3 is 2.17 bits per heavy atom. The van der Waals surface area contributed by atoms with Crippen LogP contribution in [-0.4, -0.2) is 19.3 Å². The van der Waals surface area contributed by atoms with Crippen molar-refractivity contribution in [1.82, 2.24) is 0 Å². The third kappa shape index (κ3) is 2.22. The molecule has 4 heteroatoms. The SMILES string of the molecule is COc1cccc(OC)c1-c1cc(Cl)ccc1O. The first-order valence-corrected chi connectivity index (χ1v) is 5.75. The van der Waals surface area contributed by atoms with Gasteiger partial charge in [0.05, 0.1) is 19.8 Å². The van der Waals surface area contributed by atoms with E-state index in [9.17, 15) is 5.11 Å². The fraction of sp³-hybridized carbons (Fsp3) is 0.143. The van der Waals surface area contributed by atoms with Gasteiger partial charge in [-0.3, -0.25) is 0 Å². The van der Waals surface area contributed by atoms with Gasteiger partial charge in [0, 0.05) is 10.6 Å². The molecule has 3 nitrogen and oxygen atoms in total. The lowest BCUT2D eigenvalue weighted by Gasteiger charge is -2.14. The van der Waals surface area contributed by atoms with Gasteiger partial charge >= 0.3 is 0 Å². The molecule has 0 unspecified atom stereocenters. The van der Waals surface area contributed by atoms with E-state index in [1.165, 1.54) is 0 Å². The molecule has 94 valence electrons. The highest BCUT2D eigenvalue weighted by Gasteiger charge is 2.15. The molecule has 0 aliphatic rings. The van der Waals surface area contributed by atoms with Crippen molar-refractivity contribution in [2.24, 2.45) is 0 Å². The van der Waals surface area contributed by atoms with Crippen molar-refractivity contribution in [1.29, 1.82) is 0 Å². The zero-order valence-corrected chi connectivity index (χ0v) is 10.9. The van der Waals surface area contributed by atoms with Gasteiger partial charge < -0.3 is 14.6 Å². The summed E-state index contributed by atoms with van der Waals surface area (Å²) in [7, 11) is 3.14. The maximum Gasteiger partial charge on any atom is 0.130 e. The van der Waals surface area contributed by atoms with Crippen molar-refractivity contribution in [3.05, 3.63) is 41.4 Å². The van der Waals surface area contributed by atoms with Crippen molar-refractivity contribution < 1.29 is 14.6 Å². The molecular formula is C14H13ClO3. The second-order valence-electron chi connectivity index (χ2n) is 3.70. The number of rotatable bonds is 3. The van der Waals surface area contributed by atoms with E-state index in [2.05, 4.69) is 0 Å². The van der Waals surface area contributed by atoms with Crippen LogP contribution in [0.2, 0.25) is 5.02 Å². The molecule has 0 saturated carbocycles. The summed E-state index contributed by atoms with van der Waals surface area (Å²) in [6.07, 6.45) is 0. The van der Waals surface area contributed by atoms with Crippen LogP contribution in [0.4, 0.5) is 0 Å². The maximum absolute atomic E-state index is 9.96. The van der Waals surface area contributed by atoms with Gasteiger partial charge in [0.2, 0.25) is 0 Å². The summed E-state index contributed by atoms with van der Waals surface area (Å²) >= 11 is 5.97. The molecule has 0 aliphatic heterocycles. The molecule has 0 atom stereocenters. The van der Waals surface area contributed by atoms with Gasteiger partial charge in [-0.15, -0.1) is 0 Å². The molecule has 18 heavy (non-hydrogen) atoms. The maximum atomic E-state index is 9.96. The lowest BCUT2D eigenvalue weighted by Crippen LogP contribution is -1.93. The Bertz CT molecular complexity index is 545. The fourth-order valence-electron chi connectivity index (χ4n) is 1.83. The van der Waals surface area contributed by atoms with Crippen molar-refractivity contribution in [3.63, 3.8) is 0 Å². The Balaban J connectivity index is 2.72. The van der Waals surface area contributed by atoms with Gasteiger partial charge in [0.15, 0.2) is 0 Å². The molecule has 0 heterocycles. The van der Waals surface area contributed by atoms with E-state index in [0.29, 0.717) is 27.6 Å². The Labute approximate surface area is 111 Å². The average Bonchev–Trinajstić information content (AvgIpc) is 2.40. The van der Waals surface area contributed by atoms with E-state index in [0.717, 1.165) is 0 Å². The predicted molar refractivity (Wildman–Crippen MR) is 71.7 cm³/mol. The van der Waals surface area contributed by atoms with Crippen LogP contribution in [0.3, 0.4) is 0 Å². The monoisotopic (exact) mass is 264 g/mol. The van der Waals surface area contributed by atoms with Crippen LogP contribution >= 0.6 is 11.6 Å². The number of aromatic hydroxyl groups is 1. The molecule has 2 aromatic rings. The number of hydrogen-bond donors (Lipinski definition) is 1. The third-order valence-electron chi connectivity index (χ3n) is 2.66. The van der Waals surface area contributed by atoms with Crippen LogP contribution in [-0.2, 0) is 0 Å². The molecule has 0 bridgehead atoms. The standard InChI is InChI=1S/C14H13ClO3/c1-17-12-4-3-5-13(18-2)14(12)10-8-9(15)6-7-11(10)16/h3-8,16H,1-2H3. The molecule has 1 N–H and O–H groups in total. The number of ether oxygens (including phenoxy) is 2. The lowest BCUT2D eigenvalue weighted by molar-refractivity contribution is 0.396. The molecule has 0 spiro atoms. The van der Waals surface area contributed by atoms with Crippen LogP contribution < -0.4 is 9.47 Å². The van der Waals surface area contributed by atoms with Gasteiger partial charge in [-0.25, -0.2) is 0 Å². The van der Waals surface area contributed by atoms with Gasteiger partial charge in [0.1, 0.15) is 17.2 Å². The Morgan fingerprint density at radius 1 is 1.00 bits per heavy atom. The van der Waals surface area contributed by atoms with Crippen LogP contribution in [0.5, 0.6) is 17.2 Å². The normalized spacial score (nSPS) is 10.2. The summed E-state index contributed by atoms with van der Waals surface area (Å²) in [5.74, 6) is 1.36. The van der Waals surface area contributed by atoms with Gasteiger partial charge in [-0.05, 0) is 30.3 Å². The highest BCUT2D eigenvalue weighted by molar-refractivity contribution is 6.31. The number of phenolic OH excluding ortho intramolecular Hbond substituents is 1. The first-order valence-electron chi connectivity index (χ1n) is 5.37.